The van der Waals surface area contributed by atoms with Gasteiger partial charge in [-0.2, -0.15) is 4.98 Å². The number of ether oxygens (including phenoxy) is 2. The fourth-order valence-electron chi connectivity index (χ4n) is 3.23. The molecule has 8 nitrogen and oxygen atoms in total. The van der Waals surface area contributed by atoms with Crippen molar-refractivity contribution in [3.63, 3.8) is 0 Å². The van der Waals surface area contributed by atoms with Crippen molar-refractivity contribution in [3.8, 4) is 22.9 Å². The highest BCUT2D eigenvalue weighted by Gasteiger charge is 2.40. The van der Waals surface area contributed by atoms with Gasteiger partial charge in [0.1, 0.15) is 17.2 Å². The van der Waals surface area contributed by atoms with Crippen LogP contribution in [0.4, 0.5) is 0 Å². The second-order valence-electron chi connectivity index (χ2n) is 8.02. The fourth-order valence-corrected chi connectivity index (χ4v) is 3.23. The molecule has 0 aromatic carbocycles. The van der Waals surface area contributed by atoms with Crippen LogP contribution in [0.1, 0.15) is 43.4 Å². The summed E-state index contributed by atoms with van der Waals surface area (Å²) >= 11 is 0. The molecule has 30 heavy (non-hydrogen) atoms. The molecule has 8 heteroatoms. The van der Waals surface area contributed by atoms with Crippen LogP contribution in [0.15, 0.2) is 36.9 Å². The van der Waals surface area contributed by atoms with Gasteiger partial charge in [-0.25, -0.2) is 4.98 Å². The summed E-state index contributed by atoms with van der Waals surface area (Å²) < 4.78 is 11.2. The van der Waals surface area contributed by atoms with Gasteiger partial charge in [0.15, 0.2) is 0 Å². The van der Waals surface area contributed by atoms with Crippen LogP contribution in [-0.2, 0) is 5.60 Å². The van der Waals surface area contributed by atoms with Gasteiger partial charge in [-0.3, -0.25) is 15.0 Å². The lowest BCUT2D eigenvalue weighted by molar-refractivity contribution is 0.0734. The molecular weight excluding hydrogens is 382 g/mol. The topological polar surface area (TPSA) is 103 Å². The number of nitrogens with zero attached hydrogens (tertiary/aromatic N) is 5. The number of aromatic nitrogens is 5. The van der Waals surface area contributed by atoms with Crippen molar-refractivity contribution in [1.29, 1.82) is 0 Å². The van der Waals surface area contributed by atoms with Crippen LogP contribution in [0.3, 0.4) is 0 Å². The smallest absolute Gasteiger partial charge is 0.226 e. The quantitative estimate of drug-likeness (QED) is 0.637. The number of pyridine rings is 1. The van der Waals surface area contributed by atoms with Crippen LogP contribution in [0.5, 0.6) is 11.6 Å². The summed E-state index contributed by atoms with van der Waals surface area (Å²) in [5, 5.41) is 10.1. The molecule has 0 amide bonds. The number of methoxy groups -OCH3 is 1. The minimum Gasteiger partial charge on any atom is -0.495 e. The van der Waals surface area contributed by atoms with E-state index >= 15 is 0 Å². The second kappa shape index (κ2) is 7.95. The molecular formula is C22H25N5O3. The van der Waals surface area contributed by atoms with E-state index in [1.54, 1.807) is 45.7 Å². The summed E-state index contributed by atoms with van der Waals surface area (Å²) in [6.45, 7) is 5.70. The molecule has 156 valence electrons. The van der Waals surface area contributed by atoms with E-state index in [0.29, 0.717) is 47.1 Å². The predicted octanol–water partition coefficient (Wildman–Crippen LogP) is 3.06. The van der Waals surface area contributed by atoms with Crippen molar-refractivity contribution >= 4 is 0 Å². The molecule has 1 aliphatic carbocycles. The Hall–Kier alpha value is -3.13. The third kappa shape index (κ3) is 4.38. The summed E-state index contributed by atoms with van der Waals surface area (Å²) in [5.74, 6) is 2.64. The van der Waals surface area contributed by atoms with Gasteiger partial charge in [0, 0.05) is 23.7 Å². The van der Waals surface area contributed by atoms with Gasteiger partial charge in [0.2, 0.25) is 5.88 Å². The molecule has 4 rings (SSSR count). The summed E-state index contributed by atoms with van der Waals surface area (Å²) in [4.78, 5) is 22.0. The lowest BCUT2D eigenvalue weighted by Gasteiger charge is -2.16. The van der Waals surface area contributed by atoms with Crippen LogP contribution in [0.2, 0.25) is 0 Å². The molecule has 2 atom stereocenters. The number of rotatable bonds is 7. The van der Waals surface area contributed by atoms with Gasteiger partial charge in [0.25, 0.3) is 0 Å². The van der Waals surface area contributed by atoms with E-state index in [2.05, 4.69) is 24.9 Å². The van der Waals surface area contributed by atoms with Crippen molar-refractivity contribution in [2.24, 2.45) is 5.92 Å². The lowest BCUT2D eigenvalue weighted by Crippen LogP contribution is -2.17. The fraction of sp³-hybridized carbons (Fsp3) is 0.409. The zero-order valence-electron chi connectivity index (χ0n) is 17.5. The Balaban J connectivity index is 1.46. The maximum absolute atomic E-state index is 10.1. The van der Waals surface area contributed by atoms with E-state index < -0.39 is 5.60 Å². The summed E-state index contributed by atoms with van der Waals surface area (Å²) in [7, 11) is 1.63. The molecule has 0 unspecified atom stereocenters. The lowest BCUT2D eigenvalue weighted by atomic mass is 10.1. The van der Waals surface area contributed by atoms with Crippen molar-refractivity contribution in [1.82, 2.24) is 24.9 Å². The Morgan fingerprint density at radius 2 is 1.90 bits per heavy atom. The van der Waals surface area contributed by atoms with Crippen molar-refractivity contribution in [2.45, 2.75) is 38.7 Å². The summed E-state index contributed by atoms with van der Waals surface area (Å²) in [5.41, 5.74) is 1.77. The number of aryl methyl sites for hydroxylation is 1. The third-order valence-corrected chi connectivity index (χ3v) is 5.16. The molecule has 3 heterocycles. The summed E-state index contributed by atoms with van der Waals surface area (Å²) in [6, 6.07) is 3.93. The van der Waals surface area contributed by atoms with Crippen LogP contribution in [-0.4, -0.2) is 43.7 Å². The first-order valence-electron chi connectivity index (χ1n) is 9.87. The molecule has 3 aromatic rings. The number of hydrogen-bond acceptors (Lipinski definition) is 8. The Morgan fingerprint density at radius 3 is 2.53 bits per heavy atom. The molecule has 1 aliphatic rings. The molecule has 0 radical (unpaired) electrons. The Bertz CT molecular complexity index is 1020. The van der Waals surface area contributed by atoms with E-state index in [0.717, 1.165) is 17.9 Å². The predicted molar refractivity (Wildman–Crippen MR) is 110 cm³/mol. The molecule has 1 N–H and O–H groups in total. The van der Waals surface area contributed by atoms with Crippen molar-refractivity contribution < 1.29 is 14.6 Å². The maximum Gasteiger partial charge on any atom is 0.226 e. The average molecular weight is 407 g/mol. The van der Waals surface area contributed by atoms with E-state index in [-0.39, 0.29) is 0 Å². The van der Waals surface area contributed by atoms with Gasteiger partial charge in [-0.1, -0.05) is 0 Å². The van der Waals surface area contributed by atoms with Gasteiger partial charge in [0.05, 0.1) is 49.3 Å². The monoisotopic (exact) mass is 407 g/mol. The van der Waals surface area contributed by atoms with E-state index in [4.69, 9.17) is 9.47 Å². The number of hydrogen-bond donors (Lipinski definition) is 1. The van der Waals surface area contributed by atoms with Gasteiger partial charge in [-0.15, -0.1) is 0 Å². The highest BCUT2D eigenvalue weighted by molar-refractivity contribution is 5.63. The standard InChI is InChI=1S/C22H25N5O3/c1-13-23-9-17(19-10-26-20(11-25-19)22(2,3)28)21(27-13)30-12-14-7-16(14)18-6-5-15(29-4)8-24-18/h5-6,8-11,14,16,28H,7,12H2,1-4H3/t14-,16+/m1/s1. The van der Waals surface area contributed by atoms with E-state index in [1.807, 2.05) is 19.1 Å². The number of aliphatic hydroxyl groups is 1. The SMILES string of the molecule is COc1ccc([C@H]2C[C@@H]2COc2nc(C)ncc2-c2cnc(C(C)(C)O)cn2)nc1. The maximum atomic E-state index is 10.1. The Morgan fingerprint density at radius 1 is 1.07 bits per heavy atom. The minimum atomic E-state index is -1.05. The first-order chi connectivity index (χ1) is 14.3. The molecule has 1 saturated carbocycles. The van der Waals surface area contributed by atoms with Gasteiger partial charge < -0.3 is 14.6 Å². The van der Waals surface area contributed by atoms with E-state index in [9.17, 15) is 5.11 Å². The van der Waals surface area contributed by atoms with Crippen LogP contribution < -0.4 is 9.47 Å². The molecule has 0 bridgehead atoms. The first-order valence-corrected chi connectivity index (χ1v) is 9.87. The molecule has 3 aromatic heterocycles. The zero-order chi connectivity index (χ0) is 21.3. The Labute approximate surface area is 175 Å². The van der Waals surface area contributed by atoms with Crippen molar-refractivity contribution in [3.05, 3.63) is 54.1 Å². The molecule has 0 aliphatic heterocycles. The average Bonchev–Trinajstić information content (AvgIpc) is 3.51. The highest BCUT2D eigenvalue weighted by atomic mass is 16.5. The minimum absolute atomic E-state index is 0.383. The highest BCUT2D eigenvalue weighted by Crippen LogP contribution is 2.47. The molecule has 1 fully saturated rings. The van der Waals surface area contributed by atoms with Gasteiger partial charge >= 0.3 is 0 Å². The van der Waals surface area contributed by atoms with Crippen LogP contribution in [0.25, 0.3) is 11.3 Å². The molecule has 0 spiro atoms. The zero-order valence-corrected chi connectivity index (χ0v) is 17.5. The van der Waals surface area contributed by atoms with E-state index in [1.165, 1.54) is 0 Å². The van der Waals surface area contributed by atoms with Gasteiger partial charge in [-0.05, 0) is 39.3 Å². The van der Waals surface area contributed by atoms with Crippen LogP contribution >= 0.6 is 0 Å². The Kier molecular flexibility index (Phi) is 5.34. The third-order valence-electron chi connectivity index (χ3n) is 5.16. The second-order valence-corrected chi connectivity index (χ2v) is 8.02. The summed E-state index contributed by atoms with van der Waals surface area (Å²) in [6.07, 6.45) is 7.63. The molecule has 0 saturated heterocycles. The normalized spacial score (nSPS) is 18.2. The largest absolute Gasteiger partial charge is 0.495 e. The van der Waals surface area contributed by atoms with Crippen LogP contribution in [0, 0.1) is 12.8 Å². The first kappa shape index (κ1) is 20.2. The van der Waals surface area contributed by atoms with Crippen molar-refractivity contribution in [2.75, 3.05) is 13.7 Å².